The molecule has 0 atom stereocenters. The number of nitrogens with zero attached hydrogens (tertiary/aromatic N) is 3. The number of thiazole rings is 1. The maximum atomic E-state index is 13.2. The van der Waals surface area contributed by atoms with E-state index < -0.39 is 11.7 Å². The molecule has 10 heteroatoms. The maximum absolute atomic E-state index is 13.2. The zero-order valence-electron chi connectivity index (χ0n) is 20.4. The molecule has 5 rings (SSSR count). The van der Waals surface area contributed by atoms with Crippen LogP contribution in [0, 0.1) is 12.7 Å². The molecule has 0 aliphatic carbocycles. The Bertz CT molecular complexity index is 1430. The van der Waals surface area contributed by atoms with Gasteiger partial charge >= 0.3 is 6.18 Å². The zero-order chi connectivity index (χ0) is 26.9. The van der Waals surface area contributed by atoms with Crippen molar-refractivity contribution in [2.45, 2.75) is 31.9 Å². The van der Waals surface area contributed by atoms with Crippen LogP contribution >= 0.6 is 11.3 Å². The Morgan fingerprint density at radius 1 is 1.05 bits per heavy atom. The van der Waals surface area contributed by atoms with E-state index in [2.05, 4.69) is 20.2 Å². The summed E-state index contributed by atoms with van der Waals surface area (Å²) in [7, 11) is 0. The van der Waals surface area contributed by atoms with Crippen LogP contribution in [0.5, 0.6) is 0 Å². The number of hydrogen-bond donors (Lipinski definition) is 1. The minimum absolute atomic E-state index is 0.0557. The van der Waals surface area contributed by atoms with Crippen LogP contribution in [0.25, 0.3) is 11.3 Å². The van der Waals surface area contributed by atoms with Gasteiger partial charge in [-0.25, -0.2) is 14.4 Å². The van der Waals surface area contributed by atoms with Crippen LogP contribution in [-0.2, 0) is 6.18 Å². The predicted molar refractivity (Wildman–Crippen MR) is 140 cm³/mol. The Labute approximate surface area is 221 Å². The van der Waals surface area contributed by atoms with Crippen LogP contribution in [0.4, 0.5) is 28.5 Å². The molecule has 1 fully saturated rings. The number of carbonyl (C=O) groups is 1. The second-order valence-corrected chi connectivity index (χ2v) is 10.4. The SMILES string of the molecule is Cc1sc(NC(=O)c2ccc(N3CCC(c4cccc(C(F)(F)F)c4)CC3)nc2)nc1-c1ccc(F)cc1. The molecule has 196 valence electrons. The van der Waals surface area contributed by atoms with E-state index in [-0.39, 0.29) is 17.6 Å². The number of carbonyl (C=O) groups excluding carboxylic acids is 1. The maximum Gasteiger partial charge on any atom is 0.416 e. The average Bonchev–Trinajstić information content (AvgIpc) is 3.28. The van der Waals surface area contributed by atoms with Gasteiger partial charge in [0.15, 0.2) is 5.13 Å². The highest BCUT2D eigenvalue weighted by Crippen LogP contribution is 2.35. The lowest BCUT2D eigenvalue weighted by atomic mass is 9.88. The molecule has 0 saturated carbocycles. The number of pyridine rings is 1. The molecule has 1 aliphatic heterocycles. The number of piperidine rings is 1. The van der Waals surface area contributed by atoms with E-state index >= 15 is 0 Å². The number of hydrogen-bond acceptors (Lipinski definition) is 5. The third kappa shape index (κ3) is 5.70. The smallest absolute Gasteiger partial charge is 0.357 e. The second-order valence-electron chi connectivity index (χ2n) is 9.17. The fourth-order valence-electron chi connectivity index (χ4n) is 4.61. The van der Waals surface area contributed by atoms with E-state index in [1.165, 1.54) is 41.8 Å². The summed E-state index contributed by atoms with van der Waals surface area (Å²) >= 11 is 1.33. The summed E-state index contributed by atoms with van der Waals surface area (Å²) in [5.41, 5.74) is 1.92. The van der Waals surface area contributed by atoms with Crippen molar-refractivity contribution in [2.24, 2.45) is 0 Å². The Kier molecular flexibility index (Phi) is 7.16. The first kappa shape index (κ1) is 25.8. The van der Waals surface area contributed by atoms with Crippen LogP contribution in [0.15, 0.2) is 66.9 Å². The molecule has 1 amide bonds. The van der Waals surface area contributed by atoms with Gasteiger partial charge < -0.3 is 4.90 Å². The highest BCUT2D eigenvalue weighted by molar-refractivity contribution is 7.16. The monoisotopic (exact) mass is 540 g/mol. The first-order valence-electron chi connectivity index (χ1n) is 12.1. The largest absolute Gasteiger partial charge is 0.416 e. The minimum Gasteiger partial charge on any atom is -0.357 e. The molecule has 4 aromatic rings. The van der Waals surface area contributed by atoms with Crippen LogP contribution < -0.4 is 10.2 Å². The topological polar surface area (TPSA) is 58.1 Å². The summed E-state index contributed by atoms with van der Waals surface area (Å²) in [4.78, 5) is 24.7. The Hall–Kier alpha value is -3.79. The lowest BCUT2D eigenvalue weighted by molar-refractivity contribution is -0.137. The predicted octanol–water partition coefficient (Wildman–Crippen LogP) is 7.31. The van der Waals surface area contributed by atoms with Crippen molar-refractivity contribution in [3.05, 3.63) is 94.2 Å². The highest BCUT2D eigenvalue weighted by Gasteiger charge is 2.31. The number of alkyl halides is 3. The van der Waals surface area contributed by atoms with Crippen molar-refractivity contribution < 1.29 is 22.4 Å². The lowest BCUT2D eigenvalue weighted by Gasteiger charge is -2.33. The fourth-order valence-corrected chi connectivity index (χ4v) is 5.44. The Morgan fingerprint density at radius 2 is 1.79 bits per heavy atom. The fraction of sp³-hybridized carbons (Fsp3) is 0.250. The van der Waals surface area contributed by atoms with Crippen LogP contribution in [-0.4, -0.2) is 29.0 Å². The van der Waals surface area contributed by atoms with Gasteiger partial charge in [-0.05, 0) is 73.7 Å². The van der Waals surface area contributed by atoms with Crippen molar-refractivity contribution >= 4 is 28.2 Å². The molecule has 1 saturated heterocycles. The molecule has 0 bridgehead atoms. The van der Waals surface area contributed by atoms with Gasteiger partial charge in [-0.15, -0.1) is 11.3 Å². The third-order valence-corrected chi connectivity index (χ3v) is 7.54. The van der Waals surface area contributed by atoms with E-state index in [4.69, 9.17) is 0 Å². The Balaban J connectivity index is 1.19. The summed E-state index contributed by atoms with van der Waals surface area (Å²) in [6.45, 7) is 3.20. The standard InChI is InChI=1S/C28H24F4N4OS/c1-17-25(19-5-8-23(29)9-6-19)34-27(38-17)35-26(37)21-7-10-24(33-16-21)36-13-11-18(12-14-36)20-3-2-4-22(15-20)28(30,31)32/h2-10,15-16,18H,11-14H2,1H3,(H,34,35,37). The third-order valence-electron chi connectivity index (χ3n) is 6.65. The van der Waals surface area contributed by atoms with Gasteiger partial charge in [-0.3, -0.25) is 10.1 Å². The summed E-state index contributed by atoms with van der Waals surface area (Å²) in [6, 6.07) is 15.1. The number of aromatic nitrogens is 2. The van der Waals surface area contributed by atoms with Crippen molar-refractivity contribution in [1.29, 1.82) is 0 Å². The molecule has 0 spiro atoms. The molecular formula is C28H24F4N4OS. The molecule has 0 radical (unpaired) electrons. The number of benzene rings is 2. The van der Waals surface area contributed by atoms with Gasteiger partial charge in [0, 0.05) is 29.7 Å². The van der Waals surface area contributed by atoms with Crippen molar-refractivity contribution in [2.75, 3.05) is 23.3 Å². The molecular weight excluding hydrogens is 516 g/mol. The minimum atomic E-state index is -4.35. The zero-order valence-corrected chi connectivity index (χ0v) is 21.2. The average molecular weight is 541 g/mol. The molecule has 3 heterocycles. The first-order chi connectivity index (χ1) is 18.2. The first-order valence-corrected chi connectivity index (χ1v) is 12.9. The Morgan fingerprint density at radius 3 is 2.45 bits per heavy atom. The van der Waals surface area contributed by atoms with Crippen LogP contribution in [0.2, 0.25) is 0 Å². The number of aryl methyl sites for hydroxylation is 1. The van der Waals surface area contributed by atoms with E-state index in [1.54, 1.807) is 30.3 Å². The number of nitrogens with one attached hydrogen (secondary N) is 1. The van der Waals surface area contributed by atoms with Gasteiger partial charge in [-0.1, -0.05) is 18.2 Å². The molecule has 1 aliphatic rings. The normalized spacial score (nSPS) is 14.5. The molecule has 0 unspecified atom stereocenters. The quantitative estimate of drug-likeness (QED) is 0.270. The molecule has 38 heavy (non-hydrogen) atoms. The molecule has 5 nitrogen and oxygen atoms in total. The van der Waals surface area contributed by atoms with Crippen molar-refractivity contribution in [3.63, 3.8) is 0 Å². The number of rotatable bonds is 5. The summed E-state index contributed by atoms with van der Waals surface area (Å²) in [6.07, 6.45) is -1.42. The molecule has 1 N–H and O–H groups in total. The molecule has 2 aromatic heterocycles. The van der Waals surface area contributed by atoms with Gasteiger partial charge in [0.25, 0.3) is 5.91 Å². The van der Waals surface area contributed by atoms with Gasteiger partial charge in [0.1, 0.15) is 11.6 Å². The summed E-state index contributed by atoms with van der Waals surface area (Å²) in [5.74, 6) is 0.103. The van der Waals surface area contributed by atoms with E-state index in [1.807, 2.05) is 6.92 Å². The summed E-state index contributed by atoms with van der Waals surface area (Å²) in [5, 5.41) is 3.24. The van der Waals surface area contributed by atoms with Crippen LogP contribution in [0.3, 0.4) is 0 Å². The van der Waals surface area contributed by atoms with Crippen LogP contribution in [0.1, 0.15) is 45.1 Å². The van der Waals surface area contributed by atoms with Crippen molar-refractivity contribution in [1.82, 2.24) is 9.97 Å². The number of amides is 1. The lowest BCUT2D eigenvalue weighted by Crippen LogP contribution is -2.33. The van der Waals surface area contributed by atoms with Gasteiger partial charge in [0.2, 0.25) is 0 Å². The number of halogens is 4. The van der Waals surface area contributed by atoms with E-state index in [9.17, 15) is 22.4 Å². The summed E-state index contributed by atoms with van der Waals surface area (Å²) < 4.78 is 52.4. The van der Waals surface area contributed by atoms with E-state index in [0.717, 1.165) is 16.5 Å². The van der Waals surface area contributed by atoms with Crippen molar-refractivity contribution in [3.8, 4) is 11.3 Å². The van der Waals surface area contributed by atoms with Gasteiger partial charge in [0.05, 0.1) is 16.8 Å². The molecule has 2 aromatic carbocycles. The highest BCUT2D eigenvalue weighted by atomic mass is 32.1. The van der Waals surface area contributed by atoms with E-state index in [0.29, 0.717) is 53.7 Å². The second kappa shape index (κ2) is 10.5. The number of anilines is 2. The van der Waals surface area contributed by atoms with Gasteiger partial charge in [-0.2, -0.15) is 13.2 Å².